The zero-order valence-electron chi connectivity index (χ0n) is 13.5. The van der Waals surface area contributed by atoms with Gasteiger partial charge in [0.15, 0.2) is 5.82 Å². The third-order valence-corrected chi connectivity index (χ3v) is 5.52. The Morgan fingerprint density at radius 1 is 1.08 bits per heavy atom. The van der Waals surface area contributed by atoms with Crippen LogP contribution in [-0.4, -0.2) is 46.5 Å². The predicted molar refractivity (Wildman–Crippen MR) is 102 cm³/mol. The van der Waals surface area contributed by atoms with Crippen LogP contribution in [0.1, 0.15) is 0 Å². The highest BCUT2D eigenvalue weighted by Crippen LogP contribution is 2.24. The van der Waals surface area contributed by atoms with Crippen molar-refractivity contribution in [3.05, 3.63) is 47.2 Å². The minimum Gasteiger partial charge on any atom is -0.343 e. The molecule has 128 valence electrons. The molecule has 3 aromatic rings. The second-order valence-corrected chi connectivity index (χ2v) is 7.19. The maximum absolute atomic E-state index is 12.3. The van der Waals surface area contributed by atoms with E-state index in [0.29, 0.717) is 13.1 Å². The number of nitrogens with zero attached hydrogens (tertiary/aromatic N) is 4. The third-order valence-electron chi connectivity index (χ3n) is 4.06. The van der Waals surface area contributed by atoms with Crippen molar-refractivity contribution in [2.24, 2.45) is 0 Å². The van der Waals surface area contributed by atoms with Gasteiger partial charge in [0, 0.05) is 48.7 Å². The lowest BCUT2D eigenvalue weighted by Gasteiger charge is -2.34. The molecule has 2 amide bonds. The highest BCUT2D eigenvalue weighted by atomic mass is 32.1. The molecule has 3 heterocycles. The number of anilines is 2. The molecule has 0 saturated carbocycles. The van der Waals surface area contributed by atoms with Crippen LogP contribution in [0.15, 0.2) is 47.2 Å². The zero-order valence-corrected chi connectivity index (χ0v) is 15.1. The van der Waals surface area contributed by atoms with Crippen LogP contribution in [-0.2, 0) is 0 Å². The summed E-state index contributed by atoms with van der Waals surface area (Å²) < 4.78 is 4.46. The smallest absolute Gasteiger partial charge is 0.321 e. The molecule has 25 heavy (non-hydrogen) atoms. The van der Waals surface area contributed by atoms with Crippen molar-refractivity contribution in [2.45, 2.75) is 0 Å². The van der Waals surface area contributed by atoms with E-state index >= 15 is 0 Å². The Kier molecular flexibility index (Phi) is 4.62. The van der Waals surface area contributed by atoms with Crippen LogP contribution >= 0.6 is 22.9 Å². The van der Waals surface area contributed by atoms with Crippen molar-refractivity contribution in [3.8, 4) is 11.4 Å². The van der Waals surface area contributed by atoms with E-state index in [-0.39, 0.29) is 6.03 Å². The highest BCUT2D eigenvalue weighted by Gasteiger charge is 2.23. The van der Waals surface area contributed by atoms with Crippen LogP contribution < -0.4 is 10.2 Å². The Balaban J connectivity index is 1.36. The third kappa shape index (κ3) is 3.64. The molecule has 1 N–H and O–H groups in total. The topological polar surface area (TPSA) is 61.4 Å². The van der Waals surface area contributed by atoms with Crippen LogP contribution in [0.4, 0.5) is 15.6 Å². The summed E-state index contributed by atoms with van der Waals surface area (Å²) in [5.41, 5.74) is 1.88. The van der Waals surface area contributed by atoms with Crippen molar-refractivity contribution >= 4 is 39.7 Å². The second kappa shape index (κ2) is 7.20. The quantitative estimate of drug-likeness (QED) is 0.764. The van der Waals surface area contributed by atoms with Gasteiger partial charge in [-0.15, -0.1) is 0 Å². The summed E-state index contributed by atoms with van der Waals surface area (Å²) >= 11 is 2.98. The first kappa shape index (κ1) is 16.0. The lowest BCUT2D eigenvalue weighted by molar-refractivity contribution is 0.208. The summed E-state index contributed by atoms with van der Waals surface area (Å²) in [5.74, 6) is 0.762. The molecular weight excluding hydrogens is 354 g/mol. The van der Waals surface area contributed by atoms with Crippen LogP contribution in [0.3, 0.4) is 0 Å². The molecule has 0 atom stereocenters. The number of amides is 2. The number of rotatable bonds is 3. The molecule has 1 saturated heterocycles. The molecule has 0 unspecified atom stereocenters. The van der Waals surface area contributed by atoms with Gasteiger partial charge in [-0.1, -0.05) is 30.3 Å². The summed E-state index contributed by atoms with van der Waals surface area (Å²) in [7, 11) is 0. The number of hydrogen-bond acceptors (Lipinski definition) is 6. The number of aromatic nitrogens is 2. The first-order valence-electron chi connectivity index (χ1n) is 8.02. The molecule has 0 radical (unpaired) electrons. The average Bonchev–Trinajstić information content (AvgIpc) is 3.34. The molecule has 1 aliphatic rings. The first-order chi connectivity index (χ1) is 12.3. The zero-order chi connectivity index (χ0) is 17.1. The monoisotopic (exact) mass is 371 g/mol. The fourth-order valence-corrected chi connectivity index (χ4v) is 4.01. The van der Waals surface area contributed by atoms with E-state index in [9.17, 15) is 4.79 Å². The first-order valence-corrected chi connectivity index (χ1v) is 9.73. The summed E-state index contributed by atoms with van der Waals surface area (Å²) in [6.07, 6.45) is 0. The second-order valence-electron chi connectivity index (χ2n) is 5.68. The normalized spacial score (nSPS) is 14.6. The van der Waals surface area contributed by atoms with Gasteiger partial charge in [-0.2, -0.15) is 20.7 Å². The molecule has 0 bridgehead atoms. The molecule has 1 aliphatic heterocycles. The number of piperazine rings is 1. The van der Waals surface area contributed by atoms with Gasteiger partial charge < -0.3 is 15.1 Å². The highest BCUT2D eigenvalue weighted by molar-refractivity contribution is 7.09. The fraction of sp³-hybridized carbons (Fsp3) is 0.235. The van der Waals surface area contributed by atoms with Crippen LogP contribution in [0.25, 0.3) is 11.4 Å². The number of carbonyl (C=O) groups excluding carboxylic acids is 1. The predicted octanol–water partition coefficient (Wildman–Crippen LogP) is 3.62. The van der Waals surface area contributed by atoms with Crippen LogP contribution in [0.2, 0.25) is 0 Å². The molecule has 0 aliphatic carbocycles. The fourth-order valence-electron chi connectivity index (χ4n) is 2.69. The van der Waals surface area contributed by atoms with E-state index in [1.165, 1.54) is 11.5 Å². The van der Waals surface area contributed by atoms with E-state index in [1.807, 2.05) is 52.1 Å². The summed E-state index contributed by atoms with van der Waals surface area (Å²) in [6, 6.07) is 11.8. The van der Waals surface area contributed by atoms with Gasteiger partial charge in [-0.05, 0) is 11.4 Å². The summed E-state index contributed by atoms with van der Waals surface area (Å²) in [4.78, 5) is 21.0. The molecule has 8 heteroatoms. The van der Waals surface area contributed by atoms with Gasteiger partial charge in [0.25, 0.3) is 0 Å². The summed E-state index contributed by atoms with van der Waals surface area (Å²) in [5, 5.41) is 7.72. The van der Waals surface area contributed by atoms with E-state index in [2.05, 4.69) is 19.6 Å². The van der Waals surface area contributed by atoms with Crippen molar-refractivity contribution < 1.29 is 4.79 Å². The molecule has 1 aromatic carbocycles. The Labute approximate surface area is 153 Å². The largest absolute Gasteiger partial charge is 0.343 e. The molecule has 6 nitrogen and oxygen atoms in total. The standard InChI is InChI=1S/C17H17N5OS2/c23-16(18-14-6-11-24-12-14)21-7-9-22(10-8-21)17-19-15(20-25-17)13-4-2-1-3-5-13/h1-6,11-12H,7-10H2,(H,18,23). The lowest BCUT2D eigenvalue weighted by atomic mass is 10.2. The SMILES string of the molecule is O=C(Nc1ccsc1)N1CCN(c2nc(-c3ccccc3)ns2)CC1. The van der Waals surface area contributed by atoms with Gasteiger partial charge in [0.05, 0.1) is 5.69 Å². The van der Waals surface area contributed by atoms with Crippen LogP contribution in [0, 0.1) is 0 Å². The van der Waals surface area contributed by atoms with Gasteiger partial charge >= 0.3 is 6.03 Å². The van der Waals surface area contributed by atoms with Crippen molar-refractivity contribution in [1.82, 2.24) is 14.3 Å². The van der Waals surface area contributed by atoms with E-state index in [4.69, 9.17) is 0 Å². The Hall–Kier alpha value is -2.45. The van der Waals surface area contributed by atoms with Gasteiger partial charge in [0.2, 0.25) is 5.13 Å². The maximum Gasteiger partial charge on any atom is 0.321 e. The molecule has 2 aromatic heterocycles. The molecule has 1 fully saturated rings. The number of thiophene rings is 1. The average molecular weight is 371 g/mol. The van der Waals surface area contributed by atoms with Gasteiger partial charge in [-0.3, -0.25) is 0 Å². The van der Waals surface area contributed by atoms with Crippen LogP contribution in [0.5, 0.6) is 0 Å². The Morgan fingerprint density at radius 3 is 2.60 bits per heavy atom. The van der Waals surface area contributed by atoms with Crippen molar-refractivity contribution in [1.29, 1.82) is 0 Å². The van der Waals surface area contributed by atoms with E-state index < -0.39 is 0 Å². The number of nitrogens with one attached hydrogen (secondary N) is 1. The van der Waals surface area contributed by atoms with Crippen molar-refractivity contribution in [3.63, 3.8) is 0 Å². The Morgan fingerprint density at radius 2 is 1.88 bits per heavy atom. The lowest BCUT2D eigenvalue weighted by Crippen LogP contribution is -2.50. The number of carbonyl (C=O) groups is 1. The van der Waals surface area contributed by atoms with Crippen molar-refractivity contribution in [2.75, 3.05) is 36.4 Å². The van der Waals surface area contributed by atoms with Gasteiger partial charge in [-0.25, -0.2) is 4.79 Å². The molecular formula is C17H17N5OS2. The minimum atomic E-state index is -0.0414. The number of benzene rings is 1. The molecule has 0 spiro atoms. The number of urea groups is 1. The van der Waals surface area contributed by atoms with Gasteiger partial charge in [0.1, 0.15) is 0 Å². The minimum absolute atomic E-state index is 0.0414. The number of hydrogen-bond donors (Lipinski definition) is 1. The Bertz CT molecular complexity index is 826. The molecule has 4 rings (SSSR count). The van der Waals surface area contributed by atoms with E-state index in [0.717, 1.165) is 35.3 Å². The maximum atomic E-state index is 12.3. The summed E-state index contributed by atoms with van der Waals surface area (Å²) in [6.45, 7) is 2.88. The van der Waals surface area contributed by atoms with E-state index in [1.54, 1.807) is 11.3 Å².